The van der Waals surface area contributed by atoms with Gasteiger partial charge in [0.1, 0.15) is 5.69 Å². The maximum absolute atomic E-state index is 12.2. The molecular weight excluding hydrogens is 256 g/mol. The Balaban J connectivity index is 2.15. The highest BCUT2D eigenvalue weighted by Crippen LogP contribution is 2.15. The number of rotatable bonds is 5. The number of fused-ring (bicyclic) bond motifs is 1. The molecule has 0 radical (unpaired) electrons. The number of aromatic amines is 1. The predicted molar refractivity (Wildman–Crippen MR) is 76.6 cm³/mol. The van der Waals surface area contributed by atoms with Gasteiger partial charge in [0.25, 0.3) is 5.91 Å². The van der Waals surface area contributed by atoms with Crippen LogP contribution in [-0.4, -0.2) is 28.0 Å². The van der Waals surface area contributed by atoms with Gasteiger partial charge in [-0.15, -0.1) is 0 Å². The van der Waals surface area contributed by atoms with Crippen molar-refractivity contribution in [1.29, 1.82) is 0 Å². The van der Waals surface area contributed by atoms with E-state index in [1.807, 2.05) is 38.1 Å². The minimum absolute atomic E-state index is 0.0550. The fourth-order valence-electron chi connectivity index (χ4n) is 2.08. The Kier molecular flexibility index (Phi) is 4.08. The average molecular weight is 274 g/mol. The number of aromatic nitrogens is 1. The van der Waals surface area contributed by atoms with Crippen molar-refractivity contribution in [3.05, 3.63) is 36.0 Å². The molecule has 0 aliphatic heterocycles. The Hall–Kier alpha value is -2.30. The van der Waals surface area contributed by atoms with Crippen LogP contribution in [0.2, 0.25) is 0 Å². The van der Waals surface area contributed by atoms with Crippen LogP contribution in [0.1, 0.15) is 30.8 Å². The summed E-state index contributed by atoms with van der Waals surface area (Å²) in [6, 6.07) is 8.99. The van der Waals surface area contributed by atoms with Crippen molar-refractivity contribution in [2.24, 2.45) is 5.92 Å². The van der Waals surface area contributed by atoms with E-state index in [-0.39, 0.29) is 24.3 Å². The van der Waals surface area contributed by atoms with Gasteiger partial charge in [0.15, 0.2) is 0 Å². The highest BCUT2D eigenvalue weighted by atomic mass is 16.4. The normalized spacial score (nSPS) is 12.6. The van der Waals surface area contributed by atoms with E-state index >= 15 is 0 Å². The van der Waals surface area contributed by atoms with Crippen LogP contribution in [0.15, 0.2) is 30.3 Å². The van der Waals surface area contributed by atoms with Crippen LogP contribution < -0.4 is 5.32 Å². The standard InChI is InChI=1S/C15H18N2O3/c1-9(2)12(8-14(18)19)17-15(20)13-7-10-5-3-4-6-11(10)16-13/h3-7,9,12,16H,8H2,1-2H3,(H,17,20)(H,18,19). The summed E-state index contributed by atoms with van der Waals surface area (Å²) in [5.74, 6) is -1.14. The van der Waals surface area contributed by atoms with Crippen molar-refractivity contribution >= 4 is 22.8 Å². The van der Waals surface area contributed by atoms with Crippen LogP contribution in [0.4, 0.5) is 0 Å². The molecule has 1 atom stereocenters. The number of aliphatic carboxylic acids is 1. The Morgan fingerprint density at radius 2 is 2.00 bits per heavy atom. The molecule has 5 heteroatoms. The monoisotopic (exact) mass is 274 g/mol. The number of H-pyrrole nitrogens is 1. The second-order valence-corrected chi connectivity index (χ2v) is 5.19. The van der Waals surface area contributed by atoms with E-state index in [9.17, 15) is 9.59 Å². The Labute approximate surface area is 117 Å². The van der Waals surface area contributed by atoms with Gasteiger partial charge in [-0.05, 0) is 18.1 Å². The molecule has 0 aliphatic carbocycles. The zero-order valence-electron chi connectivity index (χ0n) is 11.5. The summed E-state index contributed by atoms with van der Waals surface area (Å²) in [5.41, 5.74) is 1.33. The summed E-state index contributed by atoms with van der Waals surface area (Å²) in [7, 11) is 0. The minimum atomic E-state index is -0.916. The van der Waals surface area contributed by atoms with Crippen molar-refractivity contribution in [2.75, 3.05) is 0 Å². The molecule has 1 unspecified atom stereocenters. The molecule has 20 heavy (non-hydrogen) atoms. The Morgan fingerprint density at radius 1 is 1.30 bits per heavy atom. The zero-order chi connectivity index (χ0) is 14.7. The largest absolute Gasteiger partial charge is 0.481 e. The third-order valence-electron chi connectivity index (χ3n) is 3.29. The van der Waals surface area contributed by atoms with E-state index in [1.165, 1.54) is 0 Å². The number of hydrogen-bond acceptors (Lipinski definition) is 2. The van der Waals surface area contributed by atoms with Crippen LogP contribution in [0.3, 0.4) is 0 Å². The molecule has 1 aromatic carbocycles. The molecular formula is C15H18N2O3. The fraction of sp³-hybridized carbons (Fsp3) is 0.333. The molecule has 2 rings (SSSR count). The van der Waals surface area contributed by atoms with Gasteiger partial charge in [-0.3, -0.25) is 9.59 Å². The molecule has 5 nitrogen and oxygen atoms in total. The smallest absolute Gasteiger partial charge is 0.305 e. The molecule has 0 aliphatic rings. The van der Waals surface area contributed by atoms with E-state index in [4.69, 9.17) is 5.11 Å². The number of carbonyl (C=O) groups excluding carboxylic acids is 1. The van der Waals surface area contributed by atoms with Crippen molar-refractivity contribution in [3.63, 3.8) is 0 Å². The van der Waals surface area contributed by atoms with Crippen LogP contribution in [-0.2, 0) is 4.79 Å². The van der Waals surface area contributed by atoms with Crippen LogP contribution in [0.25, 0.3) is 10.9 Å². The number of hydrogen-bond donors (Lipinski definition) is 3. The van der Waals surface area contributed by atoms with Crippen molar-refractivity contribution in [2.45, 2.75) is 26.3 Å². The third kappa shape index (κ3) is 3.17. The summed E-state index contributed by atoms with van der Waals surface area (Å²) in [6.07, 6.45) is -0.0797. The molecule has 0 spiro atoms. The zero-order valence-corrected chi connectivity index (χ0v) is 11.5. The van der Waals surface area contributed by atoms with E-state index in [2.05, 4.69) is 10.3 Å². The molecule has 1 amide bonds. The Bertz CT molecular complexity index is 598. The fourth-order valence-corrected chi connectivity index (χ4v) is 2.08. The highest BCUT2D eigenvalue weighted by molar-refractivity contribution is 5.98. The molecule has 1 heterocycles. The lowest BCUT2D eigenvalue weighted by molar-refractivity contribution is -0.137. The van der Waals surface area contributed by atoms with Crippen molar-refractivity contribution in [3.8, 4) is 0 Å². The number of para-hydroxylation sites is 1. The number of amides is 1. The van der Waals surface area contributed by atoms with Gasteiger partial charge in [0.2, 0.25) is 0 Å². The van der Waals surface area contributed by atoms with Gasteiger partial charge < -0.3 is 15.4 Å². The van der Waals surface area contributed by atoms with Crippen molar-refractivity contribution < 1.29 is 14.7 Å². The lowest BCUT2D eigenvalue weighted by Crippen LogP contribution is -2.40. The van der Waals surface area contributed by atoms with Gasteiger partial charge >= 0.3 is 5.97 Å². The number of carboxylic acids is 1. The molecule has 0 saturated heterocycles. The summed E-state index contributed by atoms with van der Waals surface area (Å²) >= 11 is 0. The van der Waals surface area contributed by atoms with Gasteiger partial charge in [0, 0.05) is 16.9 Å². The van der Waals surface area contributed by atoms with Gasteiger partial charge in [-0.2, -0.15) is 0 Å². The first-order chi connectivity index (χ1) is 9.47. The van der Waals surface area contributed by atoms with Gasteiger partial charge in [-0.1, -0.05) is 32.0 Å². The second-order valence-electron chi connectivity index (χ2n) is 5.19. The number of carboxylic acid groups (broad SMARTS) is 1. The third-order valence-corrected chi connectivity index (χ3v) is 3.29. The van der Waals surface area contributed by atoms with Crippen LogP contribution >= 0.6 is 0 Å². The minimum Gasteiger partial charge on any atom is -0.481 e. The molecule has 106 valence electrons. The average Bonchev–Trinajstić information content (AvgIpc) is 2.81. The van der Waals surface area contributed by atoms with E-state index in [1.54, 1.807) is 6.07 Å². The van der Waals surface area contributed by atoms with Crippen LogP contribution in [0.5, 0.6) is 0 Å². The van der Waals surface area contributed by atoms with Crippen LogP contribution in [0, 0.1) is 5.92 Å². The van der Waals surface area contributed by atoms with E-state index in [0.717, 1.165) is 10.9 Å². The first kappa shape index (κ1) is 14.1. The van der Waals surface area contributed by atoms with Gasteiger partial charge in [-0.25, -0.2) is 0 Å². The summed E-state index contributed by atoms with van der Waals surface area (Å²) in [5, 5.41) is 12.6. The number of carbonyl (C=O) groups is 2. The number of nitrogens with one attached hydrogen (secondary N) is 2. The van der Waals surface area contributed by atoms with E-state index in [0.29, 0.717) is 5.69 Å². The van der Waals surface area contributed by atoms with E-state index < -0.39 is 5.97 Å². The quantitative estimate of drug-likeness (QED) is 0.783. The molecule has 1 aromatic heterocycles. The summed E-state index contributed by atoms with van der Waals surface area (Å²) < 4.78 is 0. The maximum atomic E-state index is 12.2. The van der Waals surface area contributed by atoms with Crippen molar-refractivity contribution in [1.82, 2.24) is 10.3 Å². The first-order valence-corrected chi connectivity index (χ1v) is 6.58. The molecule has 0 saturated carbocycles. The van der Waals surface area contributed by atoms with Gasteiger partial charge in [0.05, 0.1) is 6.42 Å². The summed E-state index contributed by atoms with van der Waals surface area (Å²) in [6.45, 7) is 3.78. The highest BCUT2D eigenvalue weighted by Gasteiger charge is 2.20. The molecule has 3 N–H and O–H groups in total. The SMILES string of the molecule is CC(C)C(CC(=O)O)NC(=O)c1cc2ccccc2[nH]1. The second kappa shape index (κ2) is 5.77. The summed E-state index contributed by atoms with van der Waals surface area (Å²) in [4.78, 5) is 26.0. The molecule has 2 aromatic rings. The molecule has 0 bridgehead atoms. The topological polar surface area (TPSA) is 82.2 Å². The molecule has 0 fully saturated rings. The Morgan fingerprint density at radius 3 is 2.60 bits per heavy atom. The predicted octanol–water partition coefficient (Wildman–Crippen LogP) is 2.40. The lowest BCUT2D eigenvalue weighted by Gasteiger charge is -2.20. The lowest BCUT2D eigenvalue weighted by atomic mass is 10.0. The first-order valence-electron chi connectivity index (χ1n) is 6.58. The maximum Gasteiger partial charge on any atom is 0.305 e. The number of benzene rings is 1.